The number of benzene rings is 2. The van der Waals surface area contributed by atoms with Crippen molar-refractivity contribution in [2.45, 2.75) is 54.1 Å². The van der Waals surface area contributed by atoms with Gasteiger partial charge in [-0.2, -0.15) is 0 Å². The normalized spacial score (nSPS) is 9.43. The van der Waals surface area contributed by atoms with Crippen LogP contribution in [0, 0.1) is 0 Å². The van der Waals surface area contributed by atoms with E-state index in [1.165, 1.54) is 26.9 Å². The van der Waals surface area contributed by atoms with Crippen molar-refractivity contribution in [3.63, 3.8) is 0 Å². The van der Waals surface area contributed by atoms with Crippen LogP contribution in [-0.4, -0.2) is 45.3 Å². The van der Waals surface area contributed by atoms with Crippen molar-refractivity contribution in [1.29, 1.82) is 0 Å². The first-order chi connectivity index (χ1) is 17.0. The Hall–Kier alpha value is -3.39. The van der Waals surface area contributed by atoms with Crippen LogP contribution in [0.4, 0.5) is 0 Å². The Bertz CT molecular complexity index is 860. The van der Waals surface area contributed by atoms with Crippen LogP contribution in [0.15, 0.2) is 42.5 Å². The summed E-state index contributed by atoms with van der Waals surface area (Å²) in [6.07, 6.45) is 3.28. The molecule has 194 valence electrons. The Labute approximate surface area is 208 Å². The largest absolute Gasteiger partial charge is 0.488 e. The van der Waals surface area contributed by atoms with Crippen LogP contribution in [0.5, 0.6) is 11.5 Å². The lowest BCUT2D eigenvalue weighted by Gasteiger charge is -2.13. The van der Waals surface area contributed by atoms with Gasteiger partial charge >= 0.3 is 11.9 Å². The van der Waals surface area contributed by atoms with E-state index in [1.807, 2.05) is 13.8 Å². The number of unbranched alkanes of at least 4 members (excludes halogenated alkanes) is 1. The maximum absolute atomic E-state index is 11.5. The van der Waals surface area contributed by atoms with Crippen molar-refractivity contribution >= 4 is 18.2 Å². The predicted molar refractivity (Wildman–Crippen MR) is 134 cm³/mol. The highest BCUT2D eigenvalue weighted by atomic mass is 16.7. The highest BCUT2D eigenvalue weighted by Crippen LogP contribution is 2.27. The Morgan fingerprint density at radius 3 is 2.00 bits per heavy atom. The zero-order valence-corrected chi connectivity index (χ0v) is 21.6. The van der Waals surface area contributed by atoms with E-state index in [0.29, 0.717) is 23.3 Å². The average molecular weight is 491 g/mol. The Morgan fingerprint density at radius 1 is 0.886 bits per heavy atom. The second kappa shape index (κ2) is 20.0. The molecule has 0 fully saturated rings. The minimum absolute atomic E-state index is 0.111. The van der Waals surface area contributed by atoms with Gasteiger partial charge in [-0.25, -0.2) is 4.79 Å². The number of hydrogen-bond donors (Lipinski definition) is 0. The number of carbonyl (C=O) groups excluding carboxylic acids is 3. The van der Waals surface area contributed by atoms with E-state index < -0.39 is 5.97 Å². The van der Waals surface area contributed by atoms with Crippen molar-refractivity contribution in [2.75, 3.05) is 27.1 Å². The minimum Gasteiger partial charge on any atom is -0.488 e. The van der Waals surface area contributed by atoms with E-state index >= 15 is 0 Å². The fourth-order valence-corrected chi connectivity index (χ4v) is 2.32. The lowest BCUT2D eigenvalue weighted by Crippen LogP contribution is -2.11. The summed E-state index contributed by atoms with van der Waals surface area (Å²) in [5.74, 6) is -0.135. The van der Waals surface area contributed by atoms with Crippen LogP contribution in [-0.2, 0) is 25.6 Å². The van der Waals surface area contributed by atoms with Gasteiger partial charge in [-0.3, -0.25) is 9.59 Å². The van der Waals surface area contributed by atoms with Crippen molar-refractivity contribution < 1.29 is 38.1 Å². The lowest BCUT2D eigenvalue weighted by molar-refractivity contribution is -0.143. The van der Waals surface area contributed by atoms with Crippen molar-refractivity contribution in [3.8, 4) is 11.5 Å². The summed E-state index contributed by atoms with van der Waals surface area (Å²) in [6, 6.07) is 11.7. The maximum Gasteiger partial charge on any atom is 0.337 e. The van der Waals surface area contributed by atoms with E-state index in [2.05, 4.69) is 18.6 Å². The number of carbonyl (C=O) groups is 3. The zero-order valence-electron chi connectivity index (χ0n) is 21.6. The lowest BCUT2D eigenvalue weighted by atomic mass is 10.1. The molecule has 2 aromatic rings. The first kappa shape index (κ1) is 31.6. The van der Waals surface area contributed by atoms with Crippen LogP contribution in [0.1, 0.15) is 73.7 Å². The summed E-state index contributed by atoms with van der Waals surface area (Å²) in [6.45, 7) is 10.1. The Kier molecular flexibility index (Phi) is 18.1. The summed E-state index contributed by atoms with van der Waals surface area (Å²) in [4.78, 5) is 33.6. The molecule has 35 heavy (non-hydrogen) atoms. The Morgan fingerprint density at radius 2 is 1.49 bits per heavy atom. The van der Waals surface area contributed by atoms with Gasteiger partial charge in [0.2, 0.25) is 0 Å². The molecule has 0 N–H and O–H groups in total. The van der Waals surface area contributed by atoms with E-state index in [1.54, 1.807) is 42.5 Å². The molecule has 0 radical (unpaired) electrons. The molecule has 0 bridgehead atoms. The molecule has 2 rings (SSSR count). The van der Waals surface area contributed by atoms with Crippen molar-refractivity contribution in [2.24, 2.45) is 0 Å². The van der Waals surface area contributed by atoms with Gasteiger partial charge in [0.25, 0.3) is 0 Å². The summed E-state index contributed by atoms with van der Waals surface area (Å²) in [7, 11) is 1.32. The third-order valence-corrected chi connectivity index (χ3v) is 4.24. The van der Waals surface area contributed by atoms with E-state index in [0.717, 1.165) is 5.56 Å². The summed E-state index contributed by atoms with van der Waals surface area (Å²) in [5.41, 5.74) is 1.51. The number of methoxy groups -OCH3 is 1. The molecule has 0 atom stereocenters. The molecule has 0 aromatic heterocycles. The molecule has 0 saturated carbocycles. The number of aldehydes is 1. The fourth-order valence-electron chi connectivity index (χ4n) is 2.32. The number of rotatable bonds is 12. The third-order valence-electron chi connectivity index (χ3n) is 4.24. The number of ether oxygens (including phenoxy) is 5. The molecule has 0 aliphatic heterocycles. The first-order valence-corrected chi connectivity index (χ1v) is 11.7. The average Bonchev–Trinajstić information content (AvgIpc) is 2.90. The molecule has 0 aliphatic rings. The summed E-state index contributed by atoms with van der Waals surface area (Å²) in [5, 5.41) is 0. The van der Waals surface area contributed by atoms with Gasteiger partial charge in [-0.1, -0.05) is 58.7 Å². The van der Waals surface area contributed by atoms with Gasteiger partial charge in [0.05, 0.1) is 24.8 Å². The highest BCUT2D eigenvalue weighted by molar-refractivity contribution is 5.89. The molecule has 0 amide bonds. The molecular weight excluding hydrogens is 452 g/mol. The highest BCUT2D eigenvalue weighted by Gasteiger charge is 2.11. The van der Waals surface area contributed by atoms with Gasteiger partial charge in [-0.15, -0.1) is 0 Å². The Balaban J connectivity index is 0.00000174. The van der Waals surface area contributed by atoms with E-state index in [9.17, 15) is 14.4 Å². The van der Waals surface area contributed by atoms with Gasteiger partial charge in [0, 0.05) is 6.92 Å². The van der Waals surface area contributed by atoms with Crippen LogP contribution in [0.2, 0.25) is 0 Å². The predicted octanol–water partition coefficient (Wildman–Crippen LogP) is 5.61. The topological polar surface area (TPSA) is 97.4 Å². The second-order valence-electron chi connectivity index (χ2n) is 6.77. The maximum atomic E-state index is 11.5. The van der Waals surface area contributed by atoms with Gasteiger partial charge in [-0.05, 0) is 29.8 Å². The summed E-state index contributed by atoms with van der Waals surface area (Å²) >= 11 is 0. The minimum atomic E-state index is -0.416. The standard InChI is InChI=1S/C21H22O8.C4H10.C2H6/c1-15(23)27-11-10-26-14-29-20-5-3-4-19(18(20)12-22)28-13-16-6-8-17(9-7-16)21(24)25-2;1-3-4-2;1-2/h3-9,12H,10-11,13-14H2,1-2H3;3-4H2,1-2H3;1-2H3. The van der Waals surface area contributed by atoms with E-state index in [-0.39, 0.29) is 38.1 Å². The van der Waals surface area contributed by atoms with Gasteiger partial charge in [0.1, 0.15) is 24.7 Å². The monoisotopic (exact) mass is 490 g/mol. The quantitative estimate of drug-likeness (QED) is 0.164. The number of esters is 2. The van der Waals surface area contributed by atoms with Gasteiger partial charge < -0.3 is 23.7 Å². The molecule has 0 aliphatic carbocycles. The first-order valence-electron chi connectivity index (χ1n) is 11.7. The molecule has 8 heteroatoms. The summed E-state index contributed by atoms with van der Waals surface area (Å²) < 4.78 is 25.8. The molecule has 0 unspecified atom stereocenters. The van der Waals surface area contributed by atoms with Crippen molar-refractivity contribution in [1.82, 2.24) is 0 Å². The molecule has 0 spiro atoms. The van der Waals surface area contributed by atoms with Crippen LogP contribution < -0.4 is 9.47 Å². The van der Waals surface area contributed by atoms with Crippen LogP contribution in [0.3, 0.4) is 0 Å². The second-order valence-corrected chi connectivity index (χ2v) is 6.77. The smallest absolute Gasteiger partial charge is 0.337 e. The van der Waals surface area contributed by atoms with Crippen LogP contribution in [0.25, 0.3) is 0 Å². The molecule has 0 saturated heterocycles. The van der Waals surface area contributed by atoms with Gasteiger partial charge in [0.15, 0.2) is 13.1 Å². The molecule has 8 nitrogen and oxygen atoms in total. The molecule has 2 aromatic carbocycles. The molecule has 0 heterocycles. The number of hydrogen-bond acceptors (Lipinski definition) is 8. The van der Waals surface area contributed by atoms with E-state index in [4.69, 9.17) is 18.9 Å². The third kappa shape index (κ3) is 13.2. The SMILES string of the molecule is CC.CCCC.COC(=O)c1ccc(COc2cccc(OCOCCOC(C)=O)c2C=O)cc1. The molecular formula is C27H38O8. The van der Waals surface area contributed by atoms with Crippen LogP contribution >= 0.6 is 0 Å². The fraction of sp³-hybridized carbons (Fsp3) is 0.444. The zero-order chi connectivity index (χ0) is 26.5. The van der Waals surface area contributed by atoms with Crippen molar-refractivity contribution in [3.05, 3.63) is 59.2 Å².